The quantitative estimate of drug-likeness (QED) is 0.834. The van der Waals surface area contributed by atoms with Gasteiger partial charge >= 0.3 is 0 Å². The van der Waals surface area contributed by atoms with Gasteiger partial charge < -0.3 is 10.6 Å². The number of halogens is 1. The van der Waals surface area contributed by atoms with E-state index in [-0.39, 0.29) is 6.04 Å². The molecule has 21 heavy (non-hydrogen) atoms. The number of benzene rings is 1. The van der Waals surface area contributed by atoms with E-state index in [1.54, 1.807) is 11.3 Å². The van der Waals surface area contributed by atoms with Crippen LogP contribution in [-0.4, -0.2) is 12.1 Å². The molecule has 0 aliphatic carbocycles. The Balaban J connectivity index is 2.24. The molecule has 0 aliphatic rings. The second kappa shape index (κ2) is 7.30. The number of anilines is 1. The summed E-state index contributed by atoms with van der Waals surface area (Å²) in [5, 5.41) is 2.92. The molecule has 0 fully saturated rings. The zero-order valence-corrected chi connectivity index (χ0v) is 14.4. The second-order valence-corrected chi connectivity index (χ2v) is 7.21. The molecule has 0 bridgehead atoms. The molecule has 2 rings (SSSR count). The first kappa shape index (κ1) is 16.3. The number of hydrogen-bond donors (Lipinski definition) is 1. The summed E-state index contributed by atoms with van der Waals surface area (Å²) < 4.78 is 0. The summed E-state index contributed by atoms with van der Waals surface area (Å²) in [5.74, 6) is 0. The lowest BCUT2D eigenvalue weighted by atomic mass is 10.1. The standard InChI is InChI=1S/C17H23ClN2S/c1-12(2)20(11-15-5-4-8-21-15)17-7-6-14(9-13(3)19)10-16(17)18/h4-8,10,12-13H,9,11,19H2,1-3H3. The average molecular weight is 323 g/mol. The third-order valence-corrected chi connectivity index (χ3v) is 4.57. The van der Waals surface area contributed by atoms with Gasteiger partial charge in [-0.15, -0.1) is 11.3 Å². The molecule has 0 radical (unpaired) electrons. The van der Waals surface area contributed by atoms with Crippen LogP contribution in [0.3, 0.4) is 0 Å². The third-order valence-electron chi connectivity index (χ3n) is 3.41. The van der Waals surface area contributed by atoms with Crippen molar-refractivity contribution >= 4 is 28.6 Å². The summed E-state index contributed by atoms with van der Waals surface area (Å²) in [6.45, 7) is 7.29. The zero-order valence-electron chi connectivity index (χ0n) is 12.8. The minimum Gasteiger partial charge on any atom is -0.363 e. The monoisotopic (exact) mass is 322 g/mol. The summed E-state index contributed by atoms with van der Waals surface area (Å²) in [6, 6.07) is 11.1. The Hall–Kier alpha value is -1.03. The van der Waals surface area contributed by atoms with Crippen molar-refractivity contribution in [2.75, 3.05) is 4.90 Å². The average Bonchev–Trinajstić information content (AvgIpc) is 2.88. The maximum atomic E-state index is 6.51. The number of thiophene rings is 1. The Morgan fingerprint density at radius 1 is 1.24 bits per heavy atom. The molecule has 1 heterocycles. The summed E-state index contributed by atoms with van der Waals surface area (Å²) in [5.41, 5.74) is 8.14. The molecule has 0 spiro atoms. The Labute approximate surface area is 136 Å². The first-order valence-corrected chi connectivity index (χ1v) is 8.56. The molecule has 0 aliphatic heterocycles. The Bertz CT molecular complexity index is 564. The van der Waals surface area contributed by atoms with E-state index in [0.29, 0.717) is 6.04 Å². The van der Waals surface area contributed by atoms with Gasteiger partial charge in [0.05, 0.1) is 17.3 Å². The van der Waals surface area contributed by atoms with Crippen molar-refractivity contribution in [3.63, 3.8) is 0 Å². The molecule has 1 aromatic carbocycles. The van der Waals surface area contributed by atoms with E-state index >= 15 is 0 Å². The van der Waals surface area contributed by atoms with Crippen LogP contribution in [0.5, 0.6) is 0 Å². The van der Waals surface area contributed by atoms with Gasteiger partial charge in [-0.1, -0.05) is 23.7 Å². The molecule has 2 N–H and O–H groups in total. The van der Waals surface area contributed by atoms with E-state index in [9.17, 15) is 0 Å². The van der Waals surface area contributed by atoms with Gasteiger partial charge in [-0.2, -0.15) is 0 Å². The largest absolute Gasteiger partial charge is 0.363 e. The van der Waals surface area contributed by atoms with Gasteiger partial charge in [0.25, 0.3) is 0 Å². The highest BCUT2D eigenvalue weighted by molar-refractivity contribution is 7.09. The Kier molecular flexibility index (Phi) is 5.68. The summed E-state index contributed by atoms with van der Waals surface area (Å²) in [6.07, 6.45) is 0.854. The Morgan fingerprint density at radius 2 is 2.00 bits per heavy atom. The van der Waals surface area contributed by atoms with Crippen LogP contribution in [-0.2, 0) is 13.0 Å². The smallest absolute Gasteiger partial charge is 0.0642 e. The lowest BCUT2D eigenvalue weighted by Crippen LogP contribution is -2.30. The van der Waals surface area contributed by atoms with Crippen LogP contribution < -0.4 is 10.6 Å². The predicted octanol–water partition coefficient (Wildman–Crippen LogP) is 4.71. The normalized spacial score (nSPS) is 12.7. The van der Waals surface area contributed by atoms with Gasteiger partial charge in [-0.05, 0) is 56.3 Å². The van der Waals surface area contributed by atoms with Crippen molar-refractivity contribution in [3.8, 4) is 0 Å². The first-order valence-electron chi connectivity index (χ1n) is 7.30. The number of hydrogen-bond acceptors (Lipinski definition) is 3. The lowest BCUT2D eigenvalue weighted by molar-refractivity contribution is 0.686. The van der Waals surface area contributed by atoms with Crippen molar-refractivity contribution in [2.24, 2.45) is 5.73 Å². The molecule has 0 saturated carbocycles. The van der Waals surface area contributed by atoms with Crippen LogP contribution in [0, 0.1) is 0 Å². The van der Waals surface area contributed by atoms with Crippen LogP contribution in [0.4, 0.5) is 5.69 Å². The predicted molar refractivity (Wildman–Crippen MR) is 94.4 cm³/mol. The molecule has 1 atom stereocenters. The van der Waals surface area contributed by atoms with Crippen molar-refractivity contribution in [1.29, 1.82) is 0 Å². The van der Waals surface area contributed by atoms with E-state index in [0.717, 1.165) is 23.7 Å². The van der Waals surface area contributed by atoms with Crippen LogP contribution in [0.2, 0.25) is 5.02 Å². The third kappa shape index (κ3) is 4.47. The highest BCUT2D eigenvalue weighted by Gasteiger charge is 2.15. The molecule has 0 amide bonds. The van der Waals surface area contributed by atoms with Crippen LogP contribution in [0.1, 0.15) is 31.2 Å². The molecular weight excluding hydrogens is 300 g/mol. The van der Waals surface area contributed by atoms with Gasteiger partial charge in [0.1, 0.15) is 0 Å². The summed E-state index contributed by atoms with van der Waals surface area (Å²) >= 11 is 8.29. The van der Waals surface area contributed by atoms with Gasteiger partial charge in [0.15, 0.2) is 0 Å². The minimum absolute atomic E-state index is 0.152. The van der Waals surface area contributed by atoms with Gasteiger partial charge in [-0.3, -0.25) is 0 Å². The molecule has 4 heteroatoms. The molecule has 0 saturated heterocycles. The molecule has 1 unspecified atom stereocenters. The zero-order chi connectivity index (χ0) is 15.4. The van der Waals surface area contributed by atoms with Crippen LogP contribution in [0.15, 0.2) is 35.7 Å². The fourth-order valence-electron chi connectivity index (χ4n) is 2.40. The molecule has 1 aromatic heterocycles. The molecule has 2 nitrogen and oxygen atoms in total. The van der Waals surface area contributed by atoms with Gasteiger partial charge in [0.2, 0.25) is 0 Å². The number of nitrogens with two attached hydrogens (primary N) is 1. The Morgan fingerprint density at radius 3 is 2.52 bits per heavy atom. The highest BCUT2D eigenvalue weighted by atomic mass is 35.5. The maximum Gasteiger partial charge on any atom is 0.0642 e. The van der Waals surface area contributed by atoms with Crippen LogP contribution >= 0.6 is 22.9 Å². The van der Waals surface area contributed by atoms with Gasteiger partial charge in [-0.25, -0.2) is 0 Å². The van der Waals surface area contributed by atoms with E-state index in [2.05, 4.69) is 48.4 Å². The second-order valence-electron chi connectivity index (χ2n) is 5.77. The van der Waals surface area contributed by atoms with Crippen molar-refractivity contribution in [1.82, 2.24) is 0 Å². The van der Waals surface area contributed by atoms with E-state index in [1.807, 2.05) is 13.0 Å². The SMILES string of the molecule is CC(N)Cc1ccc(N(Cc2cccs2)C(C)C)c(Cl)c1. The fraction of sp³-hybridized carbons (Fsp3) is 0.412. The molecule has 2 aromatic rings. The number of rotatable bonds is 6. The minimum atomic E-state index is 0.152. The fourth-order valence-corrected chi connectivity index (χ4v) is 3.41. The maximum absolute atomic E-state index is 6.51. The topological polar surface area (TPSA) is 29.3 Å². The van der Waals surface area contributed by atoms with E-state index < -0.39 is 0 Å². The van der Waals surface area contributed by atoms with Crippen molar-refractivity contribution in [3.05, 3.63) is 51.2 Å². The molecule has 114 valence electrons. The summed E-state index contributed by atoms with van der Waals surface area (Å²) in [7, 11) is 0. The van der Waals surface area contributed by atoms with E-state index in [4.69, 9.17) is 17.3 Å². The van der Waals surface area contributed by atoms with Gasteiger partial charge in [0, 0.05) is 17.0 Å². The first-order chi connectivity index (χ1) is 9.97. The van der Waals surface area contributed by atoms with E-state index in [1.165, 1.54) is 10.4 Å². The molecular formula is C17H23ClN2S. The highest BCUT2D eigenvalue weighted by Crippen LogP contribution is 2.30. The summed E-state index contributed by atoms with van der Waals surface area (Å²) in [4.78, 5) is 3.68. The lowest BCUT2D eigenvalue weighted by Gasteiger charge is -2.29. The van der Waals surface area contributed by atoms with Crippen LogP contribution in [0.25, 0.3) is 0 Å². The van der Waals surface area contributed by atoms with Crippen molar-refractivity contribution < 1.29 is 0 Å². The number of nitrogens with zero attached hydrogens (tertiary/aromatic N) is 1. The van der Waals surface area contributed by atoms with Crippen molar-refractivity contribution in [2.45, 2.75) is 45.8 Å².